The molecule has 19 heavy (non-hydrogen) atoms. The van der Waals surface area contributed by atoms with Crippen molar-refractivity contribution >= 4 is 5.91 Å². The predicted molar refractivity (Wildman–Crippen MR) is 63.8 cm³/mol. The number of amides is 1. The Hall–Kier alpha value is -0.860. The molecule has 5 nitrogen and oxygen atoms in total. The standard InChI is InChI=1S/C11H21F3N2O3/c1-9(10(17)16-5-7-18-2)15-4-3-6-19-8-11(12,13)14/h9,15H,3-8H2,1-2H3,(H,16,17). The van der Waals surface area contributed by atoms with Gasteiger partial charge in [-0.05, 0) is 19.9 Å². The molecule has 0 saturated carbocycles. The monoisotopic (exact) mass is 286 g/mol. The molecule has 0 saturated heterocycles. The number of hydrogen-bond acceptors (Lipinski definition) is 4. The van der Waals surface area contributed by atoms with Crippen LogP contribution in [0.4, 0.5) is 13.2 Å². The number of hydrogen-bond donors (Lipinski definition) is 2. The highest BCUT2D eigenvalue weighted by Crippen LogP contribution is 2.14. The number of carbonyl (C=O) groups excluding carboxylic acids is 1. The van der Waals surface area contributed by atoms with Crippen LogP contribution in [-0.4, -0.2) is 58.1 Å². The third-order valence-corrected chi connectivity index (χ3v) is 2.18. The molecule has 0 aromatic carbocycles. The van der Waals surface area contributed by atoms with Gasteiger partial charge in [0.25, 0.3) is 0 Å². The quantitative estimate of drug-likeness (QED) is 0.580. The second-order valence-corrected chi connectivity index (χ2v) is 3.98. The number of nitrogens with one attached hydrogen (secondary N) is 2. The topological polar surface area (TPSA) is 59.6 Å². The van der Waals surface area contributed by atoms with Crippen LogP contribution in [-0.2, 0) is 14.3 Å². The van der Waals surface area contributed by atoms with E-state index >= 15 is 0 Å². The molecule has 0 radical (unpaired) electrons. The molecule has 0 aliphatic heterocycles. The normalized spacial score (nSPS) is 13.3. The highest BCUT2D eigenvalue weighted by molar-refractivity contribution is 5.81. The van der Waals surface area contributed by atoms with Crippen molar-refractivity contribution in [2.24, 2.45) is 0 Å². The molecule has 1 atom stereocenters. The van der Waals surface area contributed by atoms with Gasteiger partial charge in [0.05, 0.1) is 12.6 Å². The van der Waals surface area contributed by atoms with Gasteiger partial charge in [0.1, 0.15) is 6.61 Å². The molecule has 1 amide bonds. The Labute approximate surface area is 110 Å². The Kier molecular flexibility index (Phi) is 9.54. The maximum absolute atomic E-state index is 11.7. The second-order valence-electron chi connectivity index (χ2n) is 3.98. The van der Waals surface area contributed by atoms with Crippen LogP contribution in [0.25, 0.3) is 0 Å². The lowest BCUT2D eigenvalue weighted by atomic mass is 10.3. The zero-order chi connectivity index (χ0) is 14.7. The summed E-state index contributed by atoms with van der Waals surface area (Å²) >= 11 is 0. The molecule has 0 bridgehead atoms. The van der Waals surface area contributed by atoms with Crippen molar-refractivity contribution < 1.29 is 27.4 Å². The van der Waals surface area contributed by atoms with E-state index in [9.17, 15) is 18.0 Å². The minimum atomic E-state index is -4.29. The first kappa shape index (κ1) is 18.1. The van der Waals surface area contributed by atoms with Crippen molar-refractivity contribution in [1.82, 2.24) is 10.6 Å². The van der Waals surface area contributed by atoms with E-state index in [2.05, 4.69) is 15.4 Å². The number of methoxy groups -OCH3 is 1. The first-order valence-corrected chi connectivity index (χ1v) is 6.01. The number of ether oxygens (including phenoxy) is 2. The zero-order valence-electron chi connectivity index (χ0n) is 11.2. The second kappa shape index (κ2) is 9.99. The molecule has 0 aromatic heterocycles. The molecular formula is C11H21F3N2O3. The van der Waals surface area contributed by atoms with Crippen LogP contribution in [0.2, 0.25) is 0 Å². The fourth-order valence-corrected chi connectivity index (χ4v) is 1.20. The average Bonchev–Trinajstić information content (AvgIpc) is 2.32. The number of carbonyl (C=O) groups is 1. The fraction of sp³-hybridized carbons (Fsp3) is 0.909. The van der Waals surface area contributed by atoms with E-state index in [0.29, 0.717) is 26.1 Å². The average molecular weight is 286 g/mol. The van der Waals surface area contributed by atoms with Crippen molar-refractivity contribution in [3.63, 3.8) is 0 Å². The molecule has 0 aromatic rings. The molecule has 0 aliphatic carbocycles. The third-order valence-electron chi connectivity index (χ3n) is 2.18. The largest absolute Gasteiger partial charge is 0.411 e. The lowest BCUT2D eigenvalue weighted by Crippen LogP contribution is -2.43. The van der Waals surface area contributed by atoms with Crippen LogP contribution in [0.15, 0.2) is 0 Å². The lowest BCUT2D eigenvalue weighted by Gasteiger charge is -2.14. The summed E-state index contributed by atoms with van der Waals surface area (Å²) in [7, 11) is 1.54. The predicted octanol–water partition coefficient (Wildman–Crippen LogP) is 0.696. The Morgan fingerprint density at radius 2 is 1.95 bits per heavy atom. The van der Waals surface area contributed by atoms with Crippen molar-refractivity contribution in [3.8, 4) is 0 Å². The van der Waals surface area contributed by atoms with E-state index in [-0.39, 0.29) is 12.5 Å². The van der Waals surface area contributed by atoms with Crippen LogP contribution in [0.3, 0.4) is 0 Å². The molecular weight excluding hydrogens is 265 g/mol. The molecule has 0 aliphatic rings. The summed E-state index contributed by atoms with van der Waals surface area (Å²) in [5.41, 5.74) is 0. The van der Waals surface area contributed by atoms with Crippen molar-refractivity contribution in [2.45, 2.75) is 25.6 Å². The lowest BCUT2D eigenvalue weighted by molar-refractivity contribution is -0.173. The van der Waals surface area contributed by atoms with E-state index in [1.165, 1.54) is 7.11 Å². The maximum Gasteiger partial charge on any atom is 0.411 e. The molecule has 1 unspecified atom stereocenters. The Morgan fingerprint density at radius 3 is 2.53 bits per heavy atom. The van der Waals surface area contributed by atoms with Crippen molar-refractivity contribution in [3.05, 3.63) is 0 Å². The number of alkyl halides is 3. The number of rotatable bonds is 10. The highest BCUT2D eigenvalue weighted by Gasteiger charge is 2.27. The molecule has 0 rings (SSSR count). The molecule has 0 heterocycles. The number of halogens is 3. The molecule has 0 fully saturated rings. The van der Waals surface area contributed by atoms with Crippen LogP contribution in [0, 0.1) is 0 Å². The van der Waals surface area contributed by atoms with E-state index < -0.39 is 18.8 Å². The summed E-state index contributed by atoms with van der Waals surface area (Å²) in [6.45, 7) is 1.72. The fourth-order valence-electron chi connectivity index (χ4n) is 1.20. The van der Waals surface area contributed by atoms with Gasteiger partial charge in [-0.3, -0.25) is 4.79 Å². The molecule has 114 valence electrons. The van der Waals surface area contributed by atoms with E-state index in [0.717, 1.165) is 0 Å². The summed E-state index contributed by atoms with van der Waals surface area (Å²) in [6.07, 6.45) is -3.88. The minimum Gasteiger partial charge on any atom is -0.383 e. The molecule has 8 heteroatoms. The van der Waals surface area contributed by atoms with Crippen molar-refractivity contribution in [2.75, 3.05) is 40.0 Å². The Balaban J connectivity index is 3.47. The van der Waals surface area contributed by atoms with Gasteiger partial charge in [-0.1, -0.05) is 0 Å². The maximum atomic E-state index is 11.7. The summed E-state index contributed by atoms with van der Waals surface area (Å²) in [4.78, 5) is 11.5. The summed E-state index contributed by atoms with van der Waals surface area (Å²) in [5.74, 6) is -0.173. The SMILES string of the molecule is COCCNC(=O)C(C)NCCCOCC(F)(F)F. The summed E-state index contributed by atoms with van der Waals surface area (Å²) in [6, 6.07) is -0.403. The van der Waals surface area contributed by atoms with Gasteiger partial charge in [0, 0.05) is 20.3 Å². The molecule has 0 spiro atoms. The first-order valence-electron chi connectivity index (χ1n) is 6.01. The Morgan fingerprint density at radius 1 is 1.26 bits per heavy atom. The van der Waals surface area contributed by atoms with Crippen LogP contribution >= 0.6 is 0 Å². The van der Waals surface area contributed by atoms with E-state index in [1.54, 1.807) is 6.92 Å². The van der Waals surface area contributed by atoms with Gasteiger partial charge in [-0.25, -0.2) is 0 Å². The van der Waals surface area contributed by atoms with Gasteiger partial charge in [0.15, 0.2) is 0 Å². The zero-order valence-corrected chi connectivity index (χ0v) is 11.2. The van der Waals surface area contributed by atoms with Crippen LogP contribution in [0.1, 0.15) is 13.3 Å². The van der Waals surface area contributed by atoms with Gasteiger partial charge < -0.3 is 20.1 Å². The van der Waals surface area contributed by atoms with Gasteiger partial charge in [-0.2, -0.15) is 13.2 Å². The van der Waals surface area contributed by atoms with Crippen LogP contribution < -0.4 is 10.6 Å². The van der Waals surface area contributed by atoms with Gasteiger partial charge >= 0.3 is 6.18 Å². The molecule has 2 N–H and O–H groups in total. The third kappa shape index (κ3) is 11.9. The minimum absolute atomic E-state index is 0.00449. The van der Waals surface area contributed by atoms with E-state index in [1.807, 2.05) is 0 Å². The van der Waals surface area contributed by atoms with E-state index in [4.69, 9.17) is 4.74 Å². The smallest absolute Gasteiger partial charge is 0.383 e. The van der Waals surface area contributed by atoms with Crippen molar-refractivity contribution in [1.29, 1.82) is 0 Å². The van der Waals surface area contributed by atoms with Gasteiger partial charge in [-0.15, -0.1) is 0 Å². The highest BCUT2D eigenvalue weighted by atomic mass is 19.4. The summed E-state index contributed by atoms with van der Waals surface area (Å²) < 4.78 is 44.4. The summed E-state index contributed by atoms with van der Waals surface area (Å²) in [5, 5.41) is 5.54. The van der Waals surface area contributed by atoms with Gasteiger partial charge in [0.2, 0.25) is 5.91 Å². The Bertz CT molecular complexity index is 250. The van der Waals surface area contributed by atoms with Crippen LogP contribution in [0.5, 0.6) is 0 Å². The first-order chi connectivity index (χ1) is 8.87.